The van der Waals surface area contributed by atoms with Gasteiger partial charge >= 0.3 is 0 Å². The number of fused-ring (bicyclic) bond motifs is 1. The highest BCUT2D eigenvalue weighted by atomic mass is 16.2. The Balaban J connectivity index is 1.63. The molecule has 6 heteroatoms. The second-order valence-electron chi connectivity index (χ2n) is 7.11. The van der Waals surface area contributed by atoms with Crippen molar-refractivity contribution >= 4 is 17.5 Å². The van der Waals surface area contributed by atoms with Crippen LogP contribution >= 0.6 is 0 Å². The van der Waals surface area contributed by atoms with E-state index in [-0.39, 0.29) is 11.8 Å². The summed E-state index contributed by atoms with van der Waals surface area (Å²) >= 11 is 0. The standard InChI is InChI=1S/C22H22N4O2/c1-25(2)22(28)15-8-6-9-16(14-15)23-21(27)20-18-12-7-13-19(18)26(24-20)17-10-4-3-5-11-17/h3-6,8-11,14H,7,12-13H2,1-2H3,(H,23,27). The fraction of sp³-hybridized carbons (Fsp3) is 0.227. The first kappa shape index (κ1) is 18.0. The average molecular weight is 374 g/mol. The zero-order chi connectivity index (χ0) is 19.7. The van der Waals surface area contributed by atoms with Gasteiger partial charge in [0.25, 0.3) is 11.8 Å². The number of hydrogen-bond acceptors (Lipinski definition) is 3. The van der Waals surface area contributed by atoms with Crippen LogP contribution in [-0.2, 0) is 12.8 Å². The van der Waals surface area contributed by atoms with Crippen LogP contribution in [0.2, 0.25) is 0 Å². The molecule has 2 amide bonds. The van der Waals surface area contributed by atoms with Crippen LogP contribution in [0, 0.1) is 0 Å². The molecule has 0 aliphatic heterocycles. The van der Waals surface area contributed by atoms with Gasteiger partial charge in [-0.05, 0) is 49.6 Å². The number of carbonyl (C=O) groups is 2. The molecule has 0 fully saturated rings. The average Bonchev–Trinajstić information content (AvgIpc) is 3.30. The van der Waals surface area contributed by atoms with Gasteiger partial charge in [-0.15, -0.1) is 0 Å². The number of para-hydroxylation sites is 1. The van der Waals surface area contributed by atoms with Gasteiger partial charge in [0.2, 0.25) is 0 Å². The molecule has 1 aliphatic carbocycles. The monoisotopic (exact) mass is 374 g/mol. The lowest BCUT2D eigenvalue weighted by molar-refractivity contribution is 0.0827. The van der Waals surface area contributed by atoms with Crippen molar-refractivity contribution in [2.75, 3.05) is 19.4 Å². The van der Waals surface area contributed by atoms with E-state index in [1.54, 1.807) is 38.4 Å². The molecule has 0 bridgehead atoms. The first-order valence-electron chi connectivity index (χ1n) is 9.34. The summed E-state index contributed by atoms with van der Waals surface area (Å²) in [5.41, 5.74) is 4.65. The van der Waals surface area contributed by atoms with Crippen molar-refractivity contribution in [3.8, 4) is 5.69 Å². The number of anilines is 1. The number of hydrogen-bond donors (Lipinski definition) is 1. The van der Waals surface area contributed by atoms with Gasteiger partial charge in [0.15, 0.2) is 5.69 Å². The summed E-state index contributed by atoms with van der Waals surface area (Å²) in [5.74, 6) is -0.354. The van der Waals surface area contributed by atoms with Crippen LogP contribution in [-0.4, -0.2) is 40.6 Å². The van der Waals surface area contributed by atoms with E-state index in [0.717, 1.165) is 36.2 Å². The minimum atomic E-state index is -0.248. The quantitative estimate of drug-likeness (QED) is 0.762. The topological polar surface area (TPSA) is 67.2 Å². The van der Waals surface area contributed by atoms with E-state index >= 15 is 0 Å². The highest BCUT2D eigenvalue weighted by Crippen LogP contribution is 2.28. The SMILES string of the molecule is CN(C)C(=O)c1cccc(NC(=O)c2nn(-c3ccccc3)c3c2CCC3)c1. The summed E-state index contributed by atoms with van der Waals surface area (Å²) in [5, 5.41) is 7.51. The minimum Gasteiger partial charge on any atom is -0.345 e. The maximum absolute atomic E-state index is 13.0. The highest BCUT2D eigenvalue weighted by Gasteiger charge is 2.27. The van der Waals surface area contributed by atoms with Crippen molar-refractivity contribution in [3.05, 3.63) is 77.1 Å². The fourth-order valence-corrected chi connectivity index (χ4v) is 3.58. The summed E-state index contributed by atoms with van der Waals surface area (Å²) in [7, 11) is 3.40. The Hall–Kier alpha value is -3.41. The number of aromatic nitrogens is 2. The molecule has 0 unspecified atom stereocenters. The zero-order valence-electron chi connectivity index (χ0n) is 16.0. The molecule has 0 spiro atoms. The van der Waals surface area contributed by atoms with Crippen molar-refractivity contribution in [1.29, 1.82) is 0 Å². The Morgan fingerprint density at radius 3 is 2.57 bits per heavy atom. The van der Waals surface area contributed by atoms with Crippen LogP contribution < -0.4 is 5.32 Å². The van der Waals surface area contributed by atoms with Gasteiger partial charge in [-0.1, -0.05) is 24.3 Å². The van der Waals surface area contributed by atoms with E-state index < -0.39 is 0 Å². The van der Waals surface area contributed by atoms with Crippen molar-refractivity contribution in [2.24, 2.45) is 0 Å². The van der Waals surface area contributed by atoms with E-state index in [1.807, 2.05) is 35.0 Å². The van der Waals surface area contributed by atoms with Crippen LogP contribution in [0.1, 0.15) is 38.5 Å². The number of rotatable bonds is 4. The molecule has 0 atom stereocenters. The third kappa shape index (κ3) is 3.29. The summed E-state index contributed by atoms with van der Waals surface area (Å²) in [6, 6.07) is 16.8. The zero-order valence-corrected chi connectivity index (χ0v) is 16.0. The van der Waals surface area contributed by atoms with Crippen LogP contribution in [0.25, 0.3) is 5.69 Å². The molecule has 28 heavy (non-hydrogen) atoms. The van der Waals surface area contributed by atoms with Gasteiger partial charge < -0.3 is 10.2 Å². The van der Waals surface area contributed by atoms with Crippen molar-refractivity contribution in [3.63, 3.8) is 0 Å². The van der Waals surface area contributed by atoms with Gasteiger partial charge in [0.05, 0.1) is 5.69 Å². The first-order chi connectivity index (χ1) is 13.5. The Kier molecular flexibility index (Phi) is 4.69. The number of carbonyl (C=O) groups excluding carboxylic acids is 2. The predicted molar refractivity (Wildman–Crippen MR) is 108 cm³/mol. The summed E-state index contributed by atoms with van der Waals surface area (Å²) < 4.78 is 1.88. The van der Waals surface area contributed by atoms with Gasteiger partial charge in [-0.2, -0.15) is 5.10 Å². The molecule has 1 aliphatic rings. The number of nitrogens with zero attached hydrogens (tertiary/aromatic N) is 3. The number of amides is 2. The first-order valence-corrected chi connectivity index (χ1v) is 9.34. The molecule has 142 valence electrons. The largest absolute Gasteiger partial charge is 0.345 e. The third-order valence-corrected chi connectivity index (χ3v) is 4.92. The molecule has 1 heterocycles. The highest BCUT2D eigenvalue weighted by molar-refractivity contribution is 6.05. The Bertz CT molecular complexity index is 1040. The lowest BCUT2D eigenvalue weighted by atomic mass is 10.1. The molecular weight excluding hydrogens is 352 g/mol. The molecule has 2 aromatic carbocycles. The van der Waals surface area contributed by atoms with E-state index in [0.29, 0.717) is 16.9 Å². The molecule has 0 saturated heterocycles. The second-order valence-corrected chi connectivity index (χ2v) is 7.11. The molecule has 1 aromatic heterocycles. The molecule has 1 N–H and O–H groups in total. The number of nitrogens with one attached hydrogen (secondary N) is 1. The molecule has 6 nitrogen and oxygen atoms in total. The van der Waals surface area contributed by atoms with Crippen LogP contribution in [0.15, 0.2) is 54.6 Å². The molecule has 0 radical (unpaired) electrons. The lowest BCUT2D eigenvalue weighted by Crippen LogP contribution is -2.22. The lowest BCUT2D eigenvalue weighted by Gasteiger charge is -2.11. The molecule has 4 rings (SSSR count). The van der Waals surface area contributed by atoms with E-state index in [4.69, 9.17) is 0 Å². The fourth-order valence-electron chi connectivity index (χ4n) is 3.58. The minimum absolute atomic E-state index is 0.106. The van der Waals surface area contributed by atoms with Crippen LogP contribution in [0.4, 0.5) is 5.69 Å². The Morgan fingerprint density at radius 1 is 1.04 bits per heavy atom. The predicted octanol–water partition coefficient (Wildman–Crippen LogP) is 3.32. The van der Waals surface area contributed by atoms with Crippen molar-refractivity contribution in [1.82, 2.24) is 14.7 Å². The Morgan fingerprint density at radius 2 is 1.82 bits per heavy atom. The maximum Gasteiger partial charge on any atom is 0.276 e. The van der Waals surface area contributed by atoms with Crippen LogP contribution in [0.3, 0.4) is 0 Å². The normalized spacial score (nSPS) is 12.5. The van der Waals surface area contributed by atoms with Gasteiger partial charge in [0.1, 0.15) is 0 Å². The summed E-state index contributed by atoms with van der Waals surface area (Å²) in [4.78, 5) is 26.6. The summed E-state index contributed by atoms with van der Waals surface area (Å²) in [6.45, 7) is 0. The third-order valence-electron chi connectivity index (χ3n) is 4.92. The molecule has 0 saturated carbocycles. The molecule has 3 aromatic rings. The van der Waals surface area contributed by atoms with E-state index in [1.165, 1.54) is 4.90 Å². The molecular formula is C22H22N4O2. The van der Waals surface area contributed by atoms with Gasteiger partial charge in [0, 0.05) is 36.6 Å². The second kappa shape index (κ2) is 7.31. The maximum atomic E-state index is 13.0. The smallest absolute Gasteiger partial charge is 0.276 e. The van der Waals surface area contributed by atoms with E-state index in [9.17, 15) is 9.59 Å². The van der Waals surface area contributed by atoms with Gasteiger partial charge in [-0.3, -0.25) is 9.59 Å². The summed E-state index contributed by atoms with van der Waals surface area (Å²) in [6.07, 6.45) is 2.79. The Labute approximate surface area is 163 Å². The van der Waals surface area contributed by atoms with Crippen molar-refractivity contribution in [2.45, 2.75) is 19.3 Å². The van der Waals surface area contributed by atoms with Crippen molar-refractivity contribution < 1.29 is 9.59 Å². The van der Waals surface area contributed by atoms with Gasteiger partial charge in [-0.25, -0.2) is 4.68 Å². The number of benzene rings is 2. The van der Waals surface area contributed by atoms with Crippen LogP contribution in [0.5, 0.6) is 0 Å². The van der Waals surface area contributed by atoms with E-state index in [2.05, 4.69) is 10.4 Å².